The Bertz CT molecular complexity index is 534. The van der Waals surface area contributed by atoms with Crippen molar-refractivity contribution in [3.8, 4) is 6.07 Å². The van der Waals surface area contributed by atoms with E-state index in [-0.39, 0.29) is 4.90 Å². The van der Waals surface area contributed by atoms with E-state index >= 15 is 0 Å². The highest BCUT2D eigenvalue weighted by Crippen LogP contribution is 2.26. The number of nitrogens with zero attached hydrogens (tertiary/aromatic N) is 1. The lowest BCUT2D eigenvalue weighted by Crippen LogP contribution is -2.29. The molecule has 92 valence electrons. The normalized spacial score (nSPS) is 12.5. The molecule has 0 bridgehead atoms. The molecule has 0 saturated carbocycles. The van der Waals surface area contributed by atoms with Gasteiger partial charge in [-0.15, -0.1) is 0 Å². The van der Waals surface area contributed by atoms with Crippen LogP contribution in [0.25, 0.3) is 0 Å². The summed E-state index contributed by atoms with van der Waals surface area (Å²) in [5, 5.41) is 8.90. The van der Waals surface area contributed by atoms with Crippen LogP contribution in [0.15, 0.2) is 29.2 Å². The van der Waals surface area contributed by atoms with E-state index in [1.54, 1.807) is 24.3 Å². The molecule has 0 fully saturated rings. The summed E-state index contributed by atoms with van der Waals surface area (Å²) in [5.41, 5.74) is 1.08. The fourth-order valence-electron chi connectivity index (χ4n) is 1.39. The monoisotopic (exact) mass is 251 g/mol. The first-order valence-corrected chi connectivity index (χ1v) is 6.96. The van der Waals surface area contributed by atoms with E-state index in [4.69, 9.17) is 5.26 Å². The molecule has 17 heavy (non-hydrogen) atoms. The highest BCUT2D eigenvalue weighted by atomic mass is 32.2. The molecule has 0 heterocycles. The Hall–Kier alpha value is -1.34. The highest BCUT2D eigenvalue weighted by Gasteiger charge is 2.35. The molecule has 0 amide bonds. The van der Waals surface area contributed by atoms with Crippen molar-refractivity contribution in [3.05, 3.63) is 29.8 Å². The minimum absolute atomic E-state index is 0.202. The Morgan fingerprint density at radius 3 is 2.00 bits per heavy atom. The third-order valence-corrected chi connectivity index (χ3v) is 5.13. The Kier molecular flexibility index (Phi) is 3.63. The zero-order valence-electron chi connectivity index (χ0n) is 10.6. The van der Waals surface area contributed by atoms with Crippen LogP contribution >= 0.6 is 0 Å². The summed E-state index contributed by atoms with van der Waals surface area (Å²) in [7, 11) is -3.59. The van der Waals surface area contributed by atoms with Gasteiger partial charge in [0, 0.05) is 0 Å². The summed E-state index contributed by atoms with van der Waals surface area (Å²) < 4.78 is 22.9. The van der Waals surface area contributed by atoms with Crippen LogP contribution in [0.1, 0.15) is 39.2 Å². The van der Waals surface area contributed by atoms with Gasteiger partial charge >= 0.3 is 0 Å². The molecule has 0 radical (unpaired) electrons. The number of sulfone groups is 1. The van der Waals surface area contributed by atoms with E-state index in [0.29, 0.717) is 5.92 Å². The molecule has 0 N–H and O–H groups in total. The van der Waals surface area contributed by atoms with E-state index in [1.165, 1.54) is 13.8 Å². The first kappa shape index (κ1) is 13.7. The maximum Gasteiger partial charge on any atom is 0.196 e. The minimum atomic E-state index is -3.59. The van der Waals surface area contributed by atoms with Crippen LogP contribution in [-0.2, 0) is 9.84 Å². The Balaban J connectivity index is 3.24. The smallest absolute Gasteiger partial charge is 0.196 e. The van der Waals surface area contributed by atoms with E-state index < -0.39 is 14.6 Å². The zero-order chi connectivity index (χ0) is 13.3. The molecule has 4 heteroatoms. The van der Waals surface area contributed by atoms with Gasteiger partial charge in [0.15, 0.2) is 14.6 Å². The van der Waals surface area contributed by atoms with Crippen LogP contribution in [0.5, 0.6) is 0 Å². The Morgan fingerprint density at radius 2 is 1.65 bits per heavy atom. The van der Waals surface area contributed by atoms with Crippen LogP contribution in [0.3, 0.4) is 0 Å². The summed E-state index contributed by atoms with van der Waals surface area (Å²) in [4.78, 5) is 0.202. The Labute approximate surface area is 103 Å². The molecule has 0 atom stereocenters. The number of rotatable bonds is 3. The summed E-state index contributed by atoms with van der Waals surface area (Å²) >= 11 is 0. The highest BCUT2D eigenvalue weighted by molar-refractivity contribution is 7.93. The molecule has 3 nitrogen and oxygen atoms in total. The third kappa shape index (κ3) is 2.50. The van der Waals surface area contributed by atoms with Gasteiger partial charge in [0.05, 0.1) is 11.0 Å². The Morgan fingerprint density at radius 1 is 1.18 bits per heavy atom. The average molecular weight is 251 g/mol. The number of nitriles is 1. The average Bonchev–Trinajstić information content (AvgIpc) is 2.28. The van der Waals surface area contributed by atoms with Gasteiger partial charge in [-0.1, -0.05) is 26.0 Å². The molecular formula is C13H17NO2S. The van der Waals surface area contributed by atoms with Crippen molar-refractivity contribution in [2.75, 3.05) is 0 Å². The van der Waals surface area contributed by atoms with Crippen molar-refractivity contribution >= 4 is 9.84 Å². The van der Waals surface area contributed by atoms with Crippen LogP contribution in [0, 0.1) is 11.3 Å². The molecular weight excluding hydrogens is 234 g/mol. The second-order valence-corrected chi connectivity index (χ2v) is 7.35. The molecule has 0 aliphatic heterocycles. The fourth-order valence-corrected chi connectivity index (χ4v) is 2.59. The van der Waals surface area contributed by atoms with Crippen LogP contribution < -0.4 is 0 Å². The van der Waals surface area contributed by atoms with Crippen LogP contribution in [-0.4, -0.2) is 13.2 Å². The van der Waals surface area contributed by atoms with Crippen molar-refractivity contribution in [3.63, 3.8) is 0 Å². The standard InChI is InChI=1S/C13H17NO2S/c1-10(2)11-5-7-12(8-6-11)17(15,16)13(3,4)9-14/h5-8,10H,1-4H3. The first-order chi connectivity index (χ1) is 7.72. The molecule has 0 spiro atoms. The maximum absolute atomic E-state index is 12.1. The number of benzene rings is 1. The van der Waals surface area contributed by atoms with Gasteiger partial charge in [-0.3, -0.25) is 0 Å². The SMILES string of the molecule is CC(C)c1ccc(S(=O)(=O)C(C)(C)C#N)cc1. The quantitative estimate of drug-likeness (QED) is 0.830. The van der Waals surface area contributed by atoms with Gasteiger partial charge in [-0.25, -0.2) is 8.42 Å². The van der Waals surface area contributed by atoms with E-state index in [2.05, 4.69) is 0 Å². The molecule has 1 aromatic rings. The minimum Gasteiger partial charge on any atom is -0.222 e. The van der Waals surface area contributed by atoms with Crippen molar-refractivity contribution in [1.82, 2.24) is 0 Å². The largest absolute Gasteiger partial charge is 0.222 e. The third-order valence-electron chi connectivity index (χ3n) is 2.80. The molecule has 0 aromatic heterocycles. The van der Waals surface area contributed by atoms with Crippen molar-refractivity contribution in [1.29, 1.82) is 5.26 Å². The van der Waals surface area contributed by atoms with Gasteiger partial charge in [-0.05, 0) is 37.5 Å². The van der Waals surface area contributed by atoms with E-state index in [9.17, 15) is 8.42 Å². The van der Waals surface area contributed by atoms with E-state index in [1.807, 2.05) is 19.9 Å². The zero-order valence-corrected chi connectivity index (χ0v) is 11.4. The van der Waals surface area contributed by atoms with Gasteiger partial charge in [0.2, 0.25) is 0 Å². The van der Waals surface area contributed by atoms with E-state index in [0.717, 1.165) is 5.56 Å². The van der Waals surface area contributed by atoms with Crippen LogP contribution in [0.2, 0.25) is 0 Å². The lowest BCUT2D eigenvalue weighted by molar-refractivity contribution is 0.574. The molecule has 1 rings (SSSR count). The molecule has 0 aliphatic rings. The number of hydrogen-bond acceptors (Lipinski definition) is 3. The topological polar surface area (TPSA) is 57.9 Å². The summed E-state index contributed by atoms with van der Waals surface area (Å²) in [6.45, 7) is 6.92. The van der Waals surface area contributed by atoms with Gasteiger partial charge in [-0.2, -0.15) is 5.26 Å². The molecule has 0 unspecified atom stereocenters. The fraction of sp³-hybridized carbons (Fsp3) is 0.462. The molecule has 0 aliphatic carbocycles. The van der Waals surface area contributed by atoms with Gasteiger partial charge < -0.3 is 0 Å². The van der Waals surface area contributed by atoms with Crippen LogP contribution in [0.4, 0.5) is 0 Å². The number of hydrogen-bond donors (Lipinski definition) is 0. The second-order valence-electron chi connectivity index (χ2n) is 4.85. The van der Waals surface area contributed by atoms with Crippen molar-refractivity contribution in [2.45, 2.75) is 43.3 Å². The second kappa shape index (κ2) is 4.50. The predicted molar refractivity (Wildman–Crippen MR) is 67.4 cm³/mol. The van der Waals surface area contributed by atoms with Gasteiger partial charge in [0.25, 0.3) is 0 Å². The van der Waals surface area contributed by atoms with Gasteiger partial charge in [0.1, 0.15) is 0 Å². The van der Waals surface area contributed by atoms with Crippen molar-refractivity contribution in [2.24, 2.45) is 0 Å². The summed E-state index contributed by atoms with van der Waals surface area (Å²) in [5.74, 6) is 0.357. The molecule has 0 saturated heterocycles. The first-order valence-electron chi connectivity index (χ1n) is 5.48. The summed E-state index contributed by atoms with van der Waals surface area (Å²) in [6.07, 6.45) is 0. The molecule has 1 aromatic carbocycles. The lowest BCUT2D eigenvalue weighted by atomic mass is 10.0. The van der Waals surface area contributed by atoms with Crippen molar-refractivity contribution < 1.29 is 8.42 Å². The maximum atomic E-state index is 12.1. The summed E-state index contributed by atoms with van der Waals surface area (Å²) in [6, 6.07) is 8.57. The predicted octanol–water partition coefficient (Wildman–Crippen LogP) is 2.89. The lowest BCUT2D eigenvalue weighted by Gasteiger charge is -2.16.